The highest BCUT2D eigenvalue weighted by molar-refractivity contribution is 5.98. The molecule has 6 heteroatoms. The van der Waals surface area contributed by atoms with Crippen LogP contribution < -0.4 is 10.6 Å². The third kappa shape index (κ3) is 5.18. The maximum absolute atomic E-state index is 11.8. The number of aliphatic hydroxyl groups is 2. The first-order valence-electron chi connectivity index (χ1n) is 7.57. The molecule has 25 heavy (non-hydrogen) atoms. The van der Waals surface area contributed by atoms with Crippen molar-refractivity contribution in [3.8, 4) is 11.8 Å². The average Bonchev–Trinajstić information content (AvgIpc) is 2.66. The number of hydrogen-bond acceptors (Lipinski definition) is 4. The second-order valence-electron chi connectivity index (χ2n) is 5.19. The zero-order valence-corrected chi connectivity index (χ0v) is 13.6. The van der Waals surface area contributed by atoms with Crippen LogP contribution >= 0.6 is 0 Å². The van der Waals surface area contributed by atoms with Crippen LogP contribution in [0.3, 0.4) is 0 Å². The largest absolute Gasteiger partial charge is 0.380 e. The number of carbonyl (C=O) groups is 2. The van der Waals surface area contributed by atoms with Gasteiger partial charge in [0, 0.05) is 23.9 Å². The highest BCUT2D eigenvalue weighted by atomic mass is 16.3. The third-order valence-corrected chi connectivity index (χ3v) is 3.36. The van der Waals surface area contributed by atoms with E-state index in [1.807, 2.05) is 30.3 Å². The van der Waals surface area contributed by atoms with Crippen LogP contribution in [0.25, 0.3) is 0 Å². The summed E-state index contributed by atoms with van der Waals surface area (Å²) >= 11 is 0. The van der Waals surface area contributed by atoms with Crippen molar-refractivity contribution in [2.24, 2.45) is 0 Å². The second-order valence-corrected chi connectivity index (χ2v) is 5.19. The van der Waals surface area contributed by atoms with Gasteiger partial charge < -0.3 is 20.8 Å². The summed E-state index contributed by atoms with van der Waals surface area (Å²) in [6, 6.07) is 16.2. The molecule has 0 saturated heterocycles. The summed E-state index contributed by atoms with van der Waals surface area (Å²) in [5.74, 6) is 4.30. The molecule has 0 bridgehead atoms. The zero-order valence-electron chi connectivity index (χ0n) is 13.6. The number of nitrogens with one attached hydrogen (secondary N) is 2. The normalized spacial score (nSPS) is 12.3. The first kappa shape index (κ1) is 18.2. The van der Waals surface area contributed by atoms with Crippen LogP contribution in [-0.2, 0) is 9.59 Å². The third-order valence-electron chi connectivity index (χ3n) is 3.36. The number of hydrogen-bond donors (Lipinski definition) is 4. The zero-order chi connectivity index (χ0) is 18.2. The van der Waals surface area contributed by atoms with E-state index in [1.165, 1.54) is 7.05 Å². The molecular formula is C19H18N2O4. The van der Waals surface area contributed by atoms with E-state index in [-0.39, 0.29) is 0 Å². The Morgan fingerprint density at radius 1 is 0.840 bits per heavy atom. The van der Waals surface area contributed by atoms with Gasteiger partial charge >= 0.3 is 0 Å². The van der Waals surface area contributed by atoms with E-state index in [9.17, 15) is 19.8 Å². The SMILES string of the molecule is CNC(=O)[C@H](O)[C@@H](O)C(=O)Nc1ccc(C#Cc2ccccc2)cc1. The quantitative estimate of drug-likeness (QED) is 0.610. The van der Waals surface area contributed by atoms with Crippen LogP contribution in [0, 0.1) is 11.8 Å². The lowest BCUT2D eigenvalue weighted by atomic mass is 10.1. The summed E-state index contributed by atoms with van der Waals surface area (Å²) in [6.45, 7) is 0. The number of likely N-dealkylation sites (N-methyl/N-ethyl adjacent to an activating group) is 1. The molecule has 0 aliphatic heterocycles. The summed E-state index contributed by atoms with van der Waals surface area (Å²) in [4.78, 5) is 23.1. The lowest BCUT2D eigenvalue weighted by molar-refractivity contribution is -0.142. The molecule has 2 amide bonds. The Kier molecular flexibility index (Phi) is 6.29. The van der Waals surface area contributed by atoms with Crippen LogP contribution in [0.2, 0.25) is 0 Å². The van der Waals surface area contributed by atoms with Crippen molar-refractivity contribution in [3.05, 3.63) is 65.7 Å². The molecule has 128 valence electrons. The number of anilines is 1. The van der Waals surface area contributed by atoms with Gasteiger partial charge in [-0.25, -0.2) is 0 Å². The van der Waals surface area contributed by atoms with Crippen LogP contribution in [0.1, 0.15) is 11.1 Å². The maximum atomic E-state index is 11.8. The van der Waals surface area contributed by atoms with Crippen LogP contribution in [0.4, 0.5) is 5.69 Å². The minimum Gasteiger partial charge on any atom is -0.380 e. The molecule has 0 aliphatic carbocycles. The smallest absolute Gasteiger partial charge is 0.256 e. The highest BCUT2D eigenvalue weighted by Gasteiger charge is 2.29. The number of benzene rings is 2. The molecule has 0 radical (unpaired) electrons. The van der Waals surface area contributed by atoms with E-state index in [4.69, 9.17) is 0 Å². The standard InChI is InChI=1S/C19H18N2O4/c1-20-18(24)16(22)17(23)19(25)21-15-11-9-14(10-12-15)8-7-13-5-3-2-4-6-13/h2-6,9-12,16-17,22-23H,1H3,(H,20,24)(H,21,25)/t16-,17-/m1/s1. The highest BCUT2D eigenvalue weighted by Crippen LogP contribution is 2.10. The molecule has 0 spiro atoms. The van der Waals surface area contributed by atoms with Crippen molar-refractivity contribution in [3.63, 3.8) is 0 Å². The molecule has 0 unspecified atom stereocenters. The molecule has 0 heterocycles. The fraction of sp³-hybridized carbons (Fsp3) is 0.158. The van der Waals surface area contributed by atoms with Crippen molar-refractivity contribution in [2.45, 2.75) is 12.2 Å². The van der Waals surface area contributed by atoms with Crippen LogP contribution in [0.15, 0.2) is 54.6 Å². The monoisotopic (exact) mass is 338 g/mol. The van der Waals surface area contributed by atoms with Crippen molar-refractivity contribution in [1.29, 1.82) is 0 Å². The Hall–Kier alpha value is -3.14. The van der Waals surface area contributed by atoms with E-state index in [0.29, 0.717) is 5.69 Å². The predicted octanol–water partition coefficient (Wildman–Crippen LogP) is 0.493. The first-order valence-corrected chi connectivity index (χ1v) is 7.57. The molecule has 0 fully saturated rings. The minimum atomic E-state index is -1.86. The lowest BCUT2D eigenvalue weighted by Gasteiger charge is -2.16. The molecule has 2 aromatic carbocycles. The molecule has 6 nitrogen and oxygen atoms in total. The fourth-order valence-electron chi connectivity index (χ4n) is 1.95. The summed E-state index contributed by atoms with van der Waals surface area (Å²) < 4.78 is 0. The predicted molar refractivity (Wildman–Crippen MR) is 93.6 cm³/mol. The number of aliphatic hydroxyl groups excluding tert-OH is 2. The molecule has 0 saturated carbocycles. The Labute approximate surface area is 145 Å². The van der Waals surface area contributed by atoms with Gasteiger partial charge in [-0.3, -0.25) is 9.59 Å². The van der Waals surface area contributed by atoms with E-state index in [0.717, 1.165) is 11.1 Å². The van der Waals surface area contributed by atoms with Gasteiger partial charge in [-0.1, -0.05) is 30.0 Å². The van der Waals surface area contributed by atoms with Gasteiger partial charge in [-0.15, -0.1) is 0 Å². The molecule has 2 rings (SSSR count). The Balaban J connectivity index is 1.99. The Bertz CT molecular complexity index is 792. The van der Waals surface area contributed by atoms with Crippen molar-refractivity contribution >= 4 is 17.5 Å². The first-order chi connectivity index (χ1) is 12.0. The minimum absolute atomic E-state index is 0.415. The van der Waals surface area contributed by atoms with Gasteiger partial charge in [0.05, 0.1) is 0 Å². The van der Waals surface area contributed by atoms with Crippen molar-refractivity contribution in [2.75, 3.05) is 12.4 Å². The van der Waals surface area contributed by atoms with Gasteiger partial charge in [0.15, 0.2) is 12.2 Å². The van der Waals surface area contributed by atoms with Crippen LogP contribution in [0.5, 0.6) is 0 Å². The molecule has 0 aromatic heterocycles. The topological polar surface area (TPSA) is 98.7 Å². The maximum Gasteiger partial charge on any atom is 0.256 e. The molecule has 2 aromatic rings. The molecule has 4 N–H and O–H groups in total. The molecule has 2 atom stereocenters. The average molecular weight is 338 g/mol. The Morgan fingerprint density at radius 3 is 1.92 bits per heavy atom. The molecular weight excluding hydrogens is 320 g/mol. The Morgan fingerprint density at radius 2 is 1.36 bits per heavy atom. The molecule has 0 aliphatic rings. The number of amides is 2. The fourth-order valence-corrected chi connectivity index (χ4v) is 1.95. The lowest BCUT2D eigenvalue weighted by Crippen LogP contribution is -2.46. The number of rotatable bonds is 4. The van der Waals surface area contributed by atoms with Gasteiger partial charge in [0.2, 0.25) is 0 Å². The van der Waals surface area contributed by atoms with Crippen molar-refractivity contribution < 1.29 is 19.8 Å². The van der Waals surface area contributed by atoms with E-state index in [1.54, 1.807) is 24.3 Å². The van der Waals surface area contributed by atoms with Crippen LogP contribution in [-0.4, -0.2) is 41.3 Å². The number of carbonyl (C=O) groups excluding carboxylic acids is 2. The van der Waals surface area contributed by atoms with E-state index < -0.39 is 24.0 Å². The van der Waals surface area contributed by atoms with E-state index >= 15 is 0 Å². The van der Waals surface area contributed by atoms with E-state index in [2.05, 4.69) is 22.5 Å². The van der Waals surface area contributed by atoms with Gasteiger partial charge in [-0.05, 0) is 36.4 Å². The second kappa shape index (κ2) is 8.64. The summed E-state index contributed by atoms with van der Waals surface area (Å²) in [5, 5.41) is 23.8. The van der Waals surface area contributed by atoms with Gasteiger partial charge in [0.1, 0.15) is 0 Å². The summed E-state index contributed by atoms with van der Waals surface area (Å²) in [7, 11) is 1.30. The summed E-state index contributed by atoms with van der Waals surface area (Å²) in [5.41, 5.74) is 2.07. The van der Waals surface area contributed by atoms with Crippen molar-refractivity contribution in [1.82, 2.24) is 5.32 Å². The summed E-state index contributed by atoms with van der Waals surface area (Å²) in [6.07, 6.45) is -3.70. The van der Waals surface area contributed by atoms with Gasteiger partial charge in [0.25, 0.3) is 11.8 Å². The van der Waals surface area contributed by atoms with Gasteiger partial charge in [-0.2, -0.15) is 0 Å².